The molecule has 4 rings (SSSR count). The Morgan fingerprint density at radius 3 is 2.17 bits per heavy atom. The van der Waals surface area contributed by atoms with E-state index in [1.54, 1.807) is 36.4 Å². The van der Waals surface area contributed by atoms with E-state index in [9.17, 15) is 21.4 Å². The first-order valence-electron chi connectivity index (χ1n) is 13.9. The number of benzene rings is 3. The van der Waals surface area contributed by atoms with Gasteiger partial charge in [0.25, 0.3) is 20.2 Å². The van der Waals surface area contributed by atoms with Crippen molar-refractivity contribution in [3.05, 3.63) is 48.5 Å². The number of aromatic nitrogens is 3. The van der Waals surface area contributed by atoms with Gasteiger partial charge in [-0.15, -0.1) is 4.33 Å². The number of hydrogen-bond donors (Lipinski definition) is 4. The lowest BCUT2D eigenvalue weighted by Gasteiger charge is -2.12. The minimum atomic E-state index is -4.64. The molecule has 1 aromatic heterocycles. The standard InChI is InChI=1S/C27H30N6O10S5/c1-3-4-10-44-26-29-25(30-27(31-26)45-11-5-12-47(35,36)37)28-22-9-8-19(15-23(22)41-2)33-32-18-7-6-17-13-20(46-43-42-34)16-24(21(17)14-18)48(38,39)40/h6-9,13-16,34H,3-5,10-12H2,1-2H3,(H,35,36,37)(H,38,39,40)(H,28,29,30,31)/b33-32+. The third-order valence-corrected chi connectivity index (χ3v) is 10.2. The van der Waals surface area contributed by atoms with Crippen LogP contribution in [0.4, 0.5) is 23.0 Å². The third-order valence-electron chi connectivity index (χ3n) is 6.13. The fraction of sp³-hybridized carbons (Fsp3) is 0.296. The summed E-state index contributed by atoms with van der Waals surface area (Å²) in [6.07, 6.45) is 2.20. The predicted octanol–water partition coefficient (Wildman–Crippen LogP) is 7.13. The zero-order valence-electron chi connectivity index (χ0n) is 25.3. The fourth-order valence-electron chi connectivity index (χ4n) is 3.98. The van der Waals surface area contributed by atoms with Gasteiger partial charge in [-0.2, -0.15) is 42.0 Å². The Labute approximate surface area is 289 Å². The number of nitrogens with zero attached hydrogens (tertiary/aromatic N) is 5. The smallest absolute Gasteiger partial charge is 0.295 e. The van der Waals surface area contributed by atoms with E-state index in [-0.39, 0.29) is 28.4 Å². The molecule has 3 aromatic carbocycles. The van der Waals surface area contributed by atoms with E-state index in [2.05, 4.69) is 46.8 Å². The molecular weight excluding hydrogens is 729 g/mol. The Bertz CT molecular complexity index is 1980. The first-order chi connectivity index (χ1) is 22.9. The first kappa shape index (κ1) is 37.7. The average molecular weight is 759 g/mol. The summed E-state index contributed by atoms with van der Waals surface area (Å²) >= 11 is 3.26. The molecular formula is C27H30N6O10S5. The van der Waals surface area contributed by atoms with Gasteiger partial charge >= 0.3 is 0 Å². The van der Waals surface area contributed by atoms with E-state index >= 15 is 0 Å². The lowest BCUT2D eigenvalue weighted by molar-refractivity contribution is -0.432. The number of methoxy groups -OCH3 is 1. The summed E-state index contributed by atoms with van der Waals surface area (Å²) in [5.41, 5.74) is 1.22. The Morgan fingerprint density at radius 2 is 1.54 bits per heavy atom. The van der Waals surface area contributed by atoms with Gasteiger partial charge in [0.2, 0.25) is 5.95 Å². The van der Waals surface area contributed by atoms with E-state index in [4.69, 9.17) is 14.5 Å². The van der Waals surface area contributed by atoms with Crippen LogP contribution in [-0.4, -0.2) is 70.5 Å². The third kappa shape index (κ3) is 11.5. The number of azo groups is 1. The lowest BCUT2D eigenvalue weighted by atomic mass is 10.1. The molecule has 0 aliphatic carbocycles. The van der Waals surface area contributed by atoms with Crippen molar-refractivity contribution in [2.45, 2.75) is 46.3 Å². The van der Waals surface area contributed by atoms with Gasteiger partial charge in [-0.05, 0) is 54.6 Å². The lowest BCUT2D eigenvalue weighted by Crippen LogP contribution is -2.06. The van der Waals surface area contributed by atoms with Gasteiger partial charge in [0.05, 0.1) is 42.0 Å². The van der Waals surface area contributed by atoms with Crippen LogP contribution in [0, 0.1) is 0 Å². The molecule has 0 radical (unpaired) electrons. The number of ether oxygens (including phenoxy) is 1. The van der Waals surface area contributed by atoms with E-state index < -0.39 is 25.1 Å². The second-order valence-electron chi connectivity index (χ2n) is 9.65. The molecule has 258 valence electrons. The molecule has 0 atom stereocenters. The molecule has 1 heterocycles. The van der Waals surface area contributed by atoms with Crippen molar-refractivity contribution in [3.8, 4) is 5.75 Å². The number of hydrogen-bond acceptors (Lipinski definition) is 17. The van der Waals surface area contributed by atoms with E-state index in [0.29, 0.717) is 56.3 Å². The summed E-state index contributed by atoms with van der Waals surface area (Å²) in [6.45, 7) is 2.08. The van der Waals surface area contributed by atoms with Crippen LogP contribution in [0.1, 0.15) is 26.2 Å². The summed E-state index contributed by atoms with van der Waals surface area (Å²) in [5.74, 6) is 1.45. The zero-order valence-corrected chi connectivity index (χ0v) is 29.4. The molecule has 16 nitrogen and oxygen atoms in total. The predicted molar refractivity (Wildman–Crippen MR) is 182 cm³/mol. The van der Waals surface area contributed by atoms with Gasteiger partial charge in [-0.3, -0.25) is 9.11 Å². The molecule has 0 saturated heterocycles. The number of thioether (sulfide) groups is 2. The first-order valence-corrected chi connectivity index (χ1v) is 19.7. The van der Waals surface area contributed by atoms with Crippen molar-refractivity contribution in [2.75, 3.05) is 29.7 Å². The average Bonchev–Trinajstić information content (AvgIpc) is 3.04. The number of rotatable bonds is 18. The van der Waals surface area contributed by atoms with Crippen molar-refractivity contribution in [2.24, 2.45) is 10.2 Å². The summed E-state index contributed by atoms with van der Waals surface area (Å²) in [7, 11) is -7.22. The highest BCUT2D eigenvalue weighted by Gasteiger charge is 2.17. The van der Waals surface area contributed by atoms with Crippen LogP contribution in [0.5, 0.6) is 5.75 Å². The summed E-state index contributed by atoms with van der Waals surface area (Å²) < 4.78 is 75.0. The number of nitrogens with one attached hydrogen (secondary N) is 1. The van der Waals surface area contributed by atoms with Crippen molar-refractivity contribution in [3.63, 3.8) is 0 Å². The molecule has 0 aliphatic rings. The largest absolute Gasteiger partial charge is 0.494 e. The molecule has 0 aliphatic heterocycles. The van der Waals surface area contributed by atoms with E-state index in [1.165, 1.54) is 36.7 Å². The zero-order chi connectivity index (χ0) is 34.7. The molecule has 0 saturated carbocycles. The van der Waals surface area contributed by atoms with Crippen LogP contribution >= 0.6 is 35.6 Å². The second kappa shape index (κ2) is 17.5. The van der Waals surface area contributed by atoms with Crippen molar-refractivity contribution >= 4 is 89.6 Å². The van der Waals surface area contributed by atoms with Gasteiger partial charge in [0.15, 0.2) is 10.3 Å². The second-order valence-corrected chi connectivity index (χ2v) is 15.5. The molecule has 0 spiro atoms. The fourth-order valence-corrected chi connectivity index (χ4v) is 7.68. The van der Waals surface area contributed by atoms with Crippen molar-refractivity contribution in [1.29, 1.82) is 0 Å². The normalized spacial score (nSPS) is 12.2. The van der Waals surface area contributed by atoms with Crippen molar-refractivity contribution < 1.29 is 45.3 Å². The van der Waals surface area contributed by atoms with E-state index in [1.807, 2.05) is 0 Å². The maximum atomic E-state index is 12.1. The Hall–Kier alpha value is -3.12. The van der Waals surface area contributed by atoms with Gasteiger partial charge in [0, 0.05) is 27.9 Å². The number of anilines is 2. The molecule has 4 aromatic rings. The van der Waals surface area contributed by atoms with Crippen LogP contribution in [0.3, 0.4) is 0 Å². The maximum absolute atomic E-state index is 12.1. The summed E-state index contributed by atoms with van der Waals surface area (Å²) in [6, 6.07) is 12.3. The van der Waals surface area contributed by atoms with Crippen LogP contribution in [0.2, 0.25) is 0 Å². The van der Waals surface area contributed by atoms with Crippen LogP contribution in [0.15, 0.2) is 78.9 Å². The molecule has 0 amide bonds. The minimum absolute atomic E-state index is 0.181. The molecule has 0 bridgehead atoms. The van der Waals surface area contributed by atoms with E-state index in [0.717, 1.165) is 24.7 Å². The molecule has 4 N–H and O–H groups in total. The number of unbranched alkanes of at least 4 members (excludes halogenated alkanes) is 1. The van der Waals surface area contributed by atoms with Crippen molar-refractivity contribution in [1.82, 2.24) is 15.0 Å². The van der Waals surface area contributed by atoms with Crippen LogP contribution in [0.25, 0.3) is 10.8 Å². The Balaban J connectivity index is 1.56. The highest BCUT2D eigenvalue weighted by Crippen LogP contribution is 2.35. The highest BCUT2D eigenvalue weighted by atomic mass is 32.2. The van der Waals surface area contributed by atoms with Gasteiger partial charge in [-0.1, -0.05) is 48.0 Å². The van der Waals surface area contributed by atoms with Crippen LogP contribution in [-0.2, 0) is 29.6 Å². The topological polar surface area (TPSA) is 232 Å². The van der Waals surface area contributed by atoms with Gasteiger partial charge < -0.3 is 10.1 Å². The SMILES string of the molecule is CCCCSc1nc(Nc2ccc(/N=N/c3ccc4cc(SOOO)cc(S(=O)(=O)O)c4c3)cc2OC)nc(SCCCS(=O)(=O)O)n1. The number of fused-ring (bicyclic) bond motifs is 1. The molecule has 0 unspecified atom stereocenters. The van der Waals surface area contributed by atoms with Crippen LogP contribution < -0.4 is 10.1 Å². The van der Waals surface area contributed by atoms with Gasteiger partial charge in [-0.25, -0.2) is 5.26 Å². The minimum Gasteiger partial charge on any atom is -0.494 e. The maximum Gasteiger partial charge on any atom is 0.295 e. The summed E-state index contributed by atoms with van der Waals surface area (Å²) in [4.78, 5) is 13.3. The molecule has 48 heavy (non-hydrogen) atoms. The Morgan fingerprint density at radius 1 is 0.875 bits per heavy atom. The Kier molecular flexibility index (Phi) is 13.8. The van der Waals surface area contributed by atoms with Gasteiger partial charge in [0.1, 0.15) is 10.6 Å². The quantitative estimate of drug-likeness (QED) is 0.0150. The molecule has 21 heteroatoms. The highest BCUT2D eigenvalue weighted by molar-refractivity contribution is 7.99. The monoisotopic (exact) mass is 758 g/mol. The summed E-state index contributed by atoms with van der Waals surface area (Å²) in [5, 5.41) is 25.1. The molecule has 0 fully saturated rings.